The van der Waals surface area contributed by atoms with Gasteiger partial charge < -0.3 is 50.0 Å². The molecular formula is C9H21O17P3. The van der Waals surface area contributed by atoms with E-state index in [9.17, 15) is 33.9 Å². The molecule has 0 radical (unpaired) electrons. The maximum atomic E-state index is 11.9. The molecule has 10 N–H and O–H groups in total. The van der Waals surface area contributed by atoms with E-state index in [0.29, 0.717) is 0 Å². The van der Waals surface area contributed by atoms with Crippen molar-refractivity contribution in [1.29, 1.82) is 0 Å². The SMILES string of the molecule is O=P(O)(O)O[C@@H]1[C@@H](O)[C@@H](O)[C@@H](OP(=O)(O)OCC(O)CO)[C@H](O)[C@H]1OP(=O)(O)O. The van der Waals surface area contributed by atoms with Crippen LogP contribution in [0.15, 0.2) is 0 Å². The van der Waals surface area contributed by atoms with Gasteiger partial charge in [0.05, 0.1) is 13.2 Å². The summed E-state index contributed by atoms with van der Waals surface area (Å²) in [5.41, 5.74) is 0. The number of phosphoric acid groups is 3. The van der Waals surface area contributed by atoms with Gasteiger partial charge in [-0.15, -0.1) is 0 Å². The van der Waals surface area contributed by atoms with E-state index in [1.807, 2.05) is 0 Å². The Labute approximate surface area is 162 Å². The van der Waals surface area contributed by atoms with E-state index in [1.165, 1.54) is 0 Å². The van der Waals surface area contributed by atoms with Crippen LogP contribution in [0.3, 0.4) is 0 Å². The van der Waals surface area contributed by atoms with Crippen molar-refractivity contribution in [2.24, 2.45) is 0 Å². The van der Waals surface area contributed by atoms with Crippen LogP contribution in [0.5, 0.6) is 0 Å². The Morgan fingerprint density at radius 1 is 0.724 bits per heavy atom. The van der Waals surface area contributed by atoms with Gasteiger partial charge >= 0.3 is 23.5 Å². The lowest BCUT2D eigenvalue weighted by Crippen LogP contribution is -2.65. The summed E-state index contributed by atoms with van der Waals surface area (Å²) in [5, 5.41) is 47.8. The summed E-state index contributed by atoms with van der Waals surface area (Å²) in [6.07, 6.45) is -16.2. The second-order valence-electron chi connectivity index (χ2n) is 5.76. The number of phosphoric ester groups is 3. The van der Waals surface area contributed by atoms with Crippen molar-refractivity contribution in [2.45, 2.75) is 42.7 Å². The minimum absolute atomic E-state index is 0.868. The van der Waals surface area contributed by atoms with Crippen LogP contribution >= 0.6 is 23.5 Å². The van der Waals surface area contributed by atoms with Gasteiger partial charge in [0.2, 0.25) is 0 Å². The number of hydrogen-bond acceptors (Lipinski definition) is 12. The third-order valence-corrected chi connectivity index (χ3v) is 5.46. The van der Waals surface area contributed by atoms with Gasteiger partial charge in [-0.3, -0.25) is 18.1 Å². The molecule has 2 unspecified atom stereocenters. The van der Waals surface area contributed by atoms with Gasteiger partial charge in [0.25, 0.3) is 0 Å². The zero-order chi connectivity index (χ0) is 22.8. The average molecular weight is 494 g/mol. The molecule has 0 bridgehead atoms. The van der Waals surface area contributed by atoms with Gasteiger partial charge in [-0.2, -0.15) is 0 Å². The first kappa shape index (κ1) is 27.2. The Kier molecular flexibility index (Phi) is 9.52. The highest BCUT2D eigenvalue weighted by atomic mass is 31.2. The Balaban J connectivity index is 3.13. The zero-order valence-electron chi connectivity index (χ0n) is 14.1. The molecule has 0 aliphatic heterocycles. The van der Waals surface area contributed by atoms with Crippen LogP contribution in [-0.4, -0.2) is 106 Å². The van der Waals surface area contributed by atoms with Gasteiger partial charge in [0.1, 0.15) is 42.7 Å². The highest BCUT2D eigenvalue weighted by molar-refractivity contribution is 7.47. The van der Waals surface area contributed by atoms with E-state index in [1.54, 1.807) is 0 Å². The van der Waals surface area contributed by atoms with Crippen molar-refractivity contribution in [2.75, 3.05) is 13.2 Å². The molecule has 174 valence electrons. The third kappa shape index (κ3) is 8.65. The first-order valence-electron chi connectivity index (χ1n) is 7.44. The van der Waals surface area contributed by atoms with Crippen LogP contribution in [0.1, 0.15) is 0 Å². The molecule has 8 atom stereocenters. The molecule has 1 aliphatic rings. The monoisotopic (exact) mass is 494 g/mol. The number of rotatable bonds is 10. The molecule has 1 saturated carbocycles. The molecule has 1 fully saturated rings. The molecule has 0 spiro atoms. The summed E-state index contributed by atoms with van der Waals surface area (Å²) in [7, 11) is -16.2. The minimum atomic E-state index is -5.49. The molecule has 17 nitrogen and oxygen atoms in total. The van der Waals surface area contributed by atoms with Gasteiger partial charge in [0, 0.05) is 0 Å². The molecule has 0 saturated heterocycles. The summed E-state index contributed by atoms with van der Waals surface area (Å²) in [5.74, 6) is 0. The van der Waals surface area contributed by atoms with Crippen molar-refractivity contribution >= 4 is 23.5 Å². The Morgan fingerprint density at radius 2 is 1.14 bits per heavy atom. The van der Waals surface area contributed by atoms with Crippen LogP contribution < -0.4 is 0 Å². The third-order valence-electron chi connectivity index (χ3n) is 3.43. The van der Waals surface area contributed by atoms with Gasteiger partial charge in [0.15, 0.2) is 0 Å². The molecule has 0 aromatic rings. The van der Waals surface area contributed by atoms with E-state index < -0.39 is 79.4 Å². The van der Waals surface area contributed by atoms with E-state index >= 15 is 0 Å². The Hall–Kier alpha value is 0.130. The molecule has 1 aliphatic carbocycles. The average Bonchev–Trinajstić information content (AvgIpc) is 2.56. The molecule has 1 rings (SSSR count). The first-order valence-corrected chi connectivity index (χ1v) is 12.0. The lowest BCUT2D eigenvalue weighted by molar-refractivity contribution is -0.213. The molecule has 29 heavy (non-hydrogen) atoms. The molecule has 0 aromatic heterocycles. The van der Waals surface area contributed by atoms with Crippen LogP contribution in [0, 0.1) is 0 Å². The van der Waals surface area contributed by atoms with E-state index in [0.717, 1.165) is 0 Å². The van der Waals surface area contributed by atoms with Crippen molar-refractivity contribution in [1.82, 2.24) is 0 Å². The minimum Gasteiger partial charge on any atom is -0.394 e. The summed E-state index contributed by atoms with van der Waals surface area (Å²) >= 11 is 0. The topological polar surface area (TPSA) is 290 Å². The lowest BCUT2D eigenvalue weighted by atomic mass is 9.85. The van der Waals surface area contributed by atoms with Gasteiger partial charge in [-0.05, 0) is 0 Å². The normalized spacial score (nSPS) is 34.6. The summed E-state index contributed by atoms with van der Waals surface area (Å²) in [4.78, 5) is 45.1. The fourth-order valence-corrected chi connectivity index (χ4v) is 4.37. The van der Waals surface area contributed by atoms with Gasteiger partial charge in [-0.25, -0.2) is 13.7 Å². The fraction of sp³-hybridized carbons (Fsp3) is 1.00. The highest BCUT2D eigenvalue weighted by Crippen LogP contribution is 2.51. The fourth-order valence-electron chi connectivity index (χ4n) is 2.27. The first-order chi connectivity index (χ1) is 13.0. The molecule has 0 amide bonds. The lowest BCUT2D eigenvalue weighted by Gasteiger charge is -2.44. The summed E-state index contributed by atoms with van der Waals surface area (Å²) in [6.45, 7) is -1.81. The Bertz CT molecular complexity index is 673. The van der Waals surface area contributed by atoms with Gasteiger partial charge in [-0.1, -0.05) is 0 Å². The highest BCUT2D eigenvalue weighted by Gasteiger charge is 2.56. The van der Waals surface area contributed by atoms with Crippen LogP contribution in [-0.2, 0) is 31.8 Å². The van der Waals surface area contributed by atoms with Crippen molar-refractivity contribution in [3.63, 3.8) is 0 Å². The van der Waals surface area contributed by atoms with Crippen LogP contribution in [0.4, 0.5) is 0 Å². The van der Waals surface area contributed by atoms with Crippen LogP contribution in [0.2, 0.25) is 0 Å². The van der Waals surface area contributed by atoms with Crippen molar-refractivity contribution in [3.8, 4) is 0 Å². The molecule has 0 heterocycles. The molecular weight excluding hydrogens is 473 g/mol. The van der Waals surface area contributed by atoms with Crippen molar-refractivity contribution < 1.29 is 81.8 Å². The van der Waals surface area contributed by atoms with E-state index in [4.69, 9.17) is 29.8 Å². The summed E-state index contributed by atoms with van der Waals surface area (Å²) in [6, 6.07) is 0. The van der Waals surface area contributed by atoms with Crippen LogP contribution in [0.25, 0.3) is 0 Å². The second kappa shape index (κ2) is 10.2. The predicted molar refractivity (Wildman–Crippen MR) is 85.6 cm³/mol. The van der Waals surface area contributed by atoms with E-state index in [-0.39, 0.29) is 0 Å². The predicted octanol–water partition coefficient (Wildman–Crippen LogP) is -4.11. The standard InChI is InChI=1S/C9H21O17P3/c10-1-3(11)2-23-29(21,22)26-7-4(12)5(13)8(24-27(15,16)17)9(6(7)14)25-28(18,19)20/h3-14H,1-2H2,(H,21,22)(H2,15,16,17)(H2,18,19,20)/t3?,4-,5+,6+,7-,8-,9-/m1/s1. The quantitative estimate of drug-likeness (QED) is 0.129. The summed E-state index contributed by atoms with van der Waals surface area (Å²) < 4.78 is 51.0. The van der Waals surface area contributed by atoms with Crippen molar-refractivity contribution in [3.05, 3.63) is 0 Å². The van der Waals surface area contributed by atoms with E-state index in [2.05, 4.69) is 18.1 Å². The maximum Gasteiger partial charge on any atom is 0.472 e. The smallest absolute Gasteiger partial charge is 0.394 e. The molecule has 20 heteroatoms. The second-order valence-corrected chi connectivity index (χ2v) is 9.55. The molecule has 0 aromatic carbocycles. The Morgan fingerprint density at radius 3 is 1.55 bits per heavy atom. The number of aliphatic hydroxyl groups is 5. The maximum absolute atomic E-state index is 11.9. The number of aliphatic hydroxyl groups excluding tert-OH is 5. The largest absolute Gasteiger partial charge is 0.472 e. The number of hydrogen-bond donors (Lipinski definition) is 10. The zero-order valence-corrected chi connectivity index (χ0v) is 16.8.